The van der Waals surface area contributed by atoms with Gasteiger partial charge < -0.3 is 10.1 Å². The van der Waals surface area contributed by atoms with Crippen LogP contribution in [0.2, 0.25) is 0 Å². The first-order valence-corrected chi connectivity index (χ1v) is 7.99. The van der Waals surface area contributed by atoms with Crippen molar-refractivity contribution in [2.75, 3.05) is 0 Å². The minimum absolute atomic E-state index is 0.494. The van der Waals surface area contributed by atoms with E-state index in [1.807, 2.05) is 12.1 Å². The lowest BCUT2D eigenvalue weighted by molar-refractivity contribution is 0.309. The third-order valence-corrected chi connectivity index (χ3v) is 4.29. The molecule has 2 aromatic rings. The highest BCUT2D eigenvalue weighted by Gasteiger charge is 2.01. The van der Waals surface area contributed by atoms with Gasteiger partial charge in [-0.15, -0.1) is 11.3 Å². The van der Waals surface area contributed by atoms with Crippen molar-refractivity contribution in [2.45, 2.75) is 33.0 Å². The lowest BCUT2D eigenvalue weighted by atomic mass is 10.2. The number of nitrogens with one attached hydrogen (secondary N) is 1. The normalized spacial score (nSPS) is 10.9. The molecule has 0 aliphatic carbocycles. The summed E-state index contributed by atoms with van der Waals surface area (Å²) in [7, 11) is 0. The summed E-state index contributed by atoms with van der Waals surface area (Å²) in [6.45, 7) is 5.79. The van der Waals surface area contributed by atoms with E-state index in [0.717, 1.165) is 16.8 Å². The Labute approximate surface area is 126 Å². The summed E-state index contributed by atoms with van der Waals surface area (Å²) in [5.74, 6) is 0.924. The third-order valence-electron chi connectivity index (χ3n) is 2.62. The average Bonchev–Trinajstić information content (AvgIpc) is 2.80. The SMILES string of the molecule is CC(C)NCc1cccc(OCc2cc(Br)cs2)c1. The number of hydrogen-bond donors (Lipinski definition) is 1. The first kappa shape index (κ1) is 14.6. The van der Waals surface area contributed by atoms with E-state index in [1.165, 1.54) is 10.4 Å². The minimum atomic E-state index is 0.494. The van der Waals surface area contributed by atoms with Gasteiger partial charge >= 0.3 is 0 Å². The van der Waals surface area contributed by atoms with Gasteiger partial charge in [0.1, 0.15) is 12.4 Å². The molecule has 0 fully saturated rings. The van der Waals surface area contributed by atoms with Gasteiger partial charge in [0.25, 0.3) is 0 Å². The van der Waals surface area contributed by atoms with Gasteiger partial charge in [-0.05, 0) is 39.7 Å². The molecule has 0 saturated heterocycles. The van der Waals surface area contributed by atoms with Crippen molar-refractivity contribution in [2.24, 2.45) is 0 Å². The molecule has 19 heavy (non-hydrogen) atoms. The second-order valence-electron chi connectivity index (χ2n) is 4.70. The van der Waals surface area contributed by atoms with Crippen LogP contribution in [-0.4, -0.2) is 6.04 Å². The fraction of sp³-hybridized carbons (Fsp3) is 0.333. The molecule has 0 aliphatic rings. The molecule has 0 atom stereocenters. The van der Waals surface area contributed by atoms with E-state index < -0.39 is 0 Å². The second kappa shape index (κ2) is 7.08. The molecule has 102 valence electrons. The fourth-order valence-electron chi connectivity index (χ4n) is 1.65. The van der Waals surface area contributed by atoms with E-state index >= 15 is 0 Å². The topological polar surface area (TPSA) is 21.3 Å². The van der Waals surface area contributed by atoms with Crippen LogP contribution in [0.3, 0.4) is 0 Å². The average molecular weight is 340 g/mol. The van der Waals surface area contributed by atoms with Gasteiger partial charge in [0.05, 0.1) is 0 Å². The minimum Gasteiger partial charge on any atom is -0.488 e. The zero-order valence-corrected chi connectivity index (χ0v) is 13.6. The molecule has 0 unspecified atom stereocenters. The monoisotopic (exact) mass is 339 g/mol. The van der Waals surface area contributed by atoms with Gasteiger partial charge in [-0.25, -0.2) is 0 Å². The molecular formula is C15H18BrNOS. The number of hydrogen-bond acceptors (Lipinski definition) is 3. The van der Waals surface area contributed by atoms with Crippen LogP contribution in [0.1, 0.15) is 24.3 Å². The smallest absolute Gasteiger partial charge is 0.122 e. The van der Waals surface area contributed by atoms with Crippen LogP contribution in [0.25, 0.3) is 0 Å². The molecule has 0 saturated carbocycles. The molecule has 0 radical (unpaired) electrons. The lowest BCUT2D eigenvalue weighted by Crippen LogP contribution is -2.21. The summed E-state index contributed by atoms with van der Waals surface area (Å²) < 4.78 is 6.93. The maximum Gasteiger partial charge on any atom is 0.122 e. The van der Waals surface area contributed by atoms with Gasteiger partial charge in [-0.2, -0.15) is 0 Å². The van der Waals surface area contributed by atoms with Crippen LogP contribution in [-0.2, 0) is 13.2 Å². The van der Waals surface area contributed by atoms with Crippen LogP contribution in [0.15, 0.2) is 40.2 Å². The van der Waals surface area contributed by atoms with Crippen molar-refractivity contribution in [3.8, 4) is 5.75 Å². The molecule has 0 spiro atoms. The molecule has 0 aliphatic heterocycles. The third kappa shape index (κ3) is 4.97. The summed E-state index contributed by atoms with van der Waals surface area (Å²) in [6, 6.07) is 10.8. The Morgan fingerprint density at radius 3 is 2.84 bits per heavy atom. The first-order chi connectivity index (χ1) is 9.13. The van der Waals surface area contributed by atoms with E-state index in [0.29, 0.717) is 12.6 Å². The predicted molar refractivity (Wildman–Crippen MR) is 84.8 cm³/mol. The first-order valence-electron chi connectivity index (χ1n) is 6.31. The van der Waals surface area contributed by atoms with Crippen LogP contribution < -0.4 is 10.1 Å². The van der Waals surface area contributed by atoms with Gasteiger partial charge in [0.15, 0.2) is 0 Å². The molecule has 1 N–H and O–H groups in total. The number of rotatable bonds is 6. The molecule has 2 rings (SSSR count). The Balaban J connectivity index is 1.91. The molecule has 1 aromatic heterocycles. The van der Waals surface area contributed by atoms with E-state index in [4.69, 9.17) is 4.74 Å². The Morgan fingerprint density at radius 2 is 2.16 bits per heavy atom. The summed E-state index contributed by atoms with van der Waals surface area (Å²) in [5.41, 5.74) is 1.25. The highest BCUT2D eigenvalue weighted by Crippen LogP contribution is 2.22. The van der Waals surface area contributed by atoms with E-state index in [1.54, 1.807) is 11.3 Å². The Bertz CT molecular complexity index is 524. The highest BCUT2D eigenvalue weighted by atomic mass is 79.9. The van der Waals surface area contributed by atoms with Crippen molar-refractivity contribution in [3.05, 3.63) is 50.6 Å². The van der Waals surface area contributed by atoms with E-state index in [9.17, 15) is 0 Å². The summed E-state index contributed by atoms with van der Waals surface area (Å²) in [6.07, 6.45) is 0. The molecule has 4 heteroatoms. The predicted octanol–water partition coefficient (Wildman–Crippen LogP) is 4.59. The van der Waals surface area contributed by atoms with Crippen molar-refractivity contribution in [1.82, 2.24) is 5.32 Å². The quantitative estimate of drug-likeness (QED) is 0.831. The van der Waals surface area contributed by atoms with E-state index in [-0.39, 0.29) is 0 Å². The number of ether oxygens (including phenoxy) is 1. The van der Waals surface area contributed by atoms with E-state index in [2.05, 4.69) is 58.7 Å². The molecule has 1 aromatic carbocycles. The molecule has 2 nitrogen and oxygen atoms in total. The number of benzene rings is 1. The summed E-state index contributed by atoms with van der Waals surface area (Å²) in [5, 5.41) is 5.48. The molecule has 0 bridgehead atoms. The van der Waals surface area contributed by atoms with Crippen LogP contribution in [0.5, 0.6) is 5.75 Å². The standard InChI is InChI=1S/C15H18BrNOS/c1-11(2)17-8-12-4-3-5-14(6-12)18-9-15-7-13(16)10-19-15/h3-7,10-11,17H,8-9H2,1-2H3. The zero-order valence-electron chi connectivity index (χ0n) is 11.2. The molecule has 1 heterocycles. The molecule has 0 amide bonds. The Morgan fingerprint density at radius 1 is 1.32 bits per heavy atom. The summed E-state index contributed by atoms with van der Waals surface area (Å²) >= 11 is 5.15. The lowest BCUT2D eigenvalue weighted by Gasteiger charge is -2.10. The van der Waals surface area contributed by atoms with Gasteiger partial charge in [0.2, 0.25) is 0 Å². The van der Waals surface area contributed by atoms with Crippen molar-refractivity contribution in [1.29, 1.82) is 0 Å². The maximum atomic E-state index is 5.81. The highest BCUT2D eigenvalue weighted by molar-refractivity contribution is 9.10. The van der Waals surface area contributed by atoms with Crippen molar-refractivity contribution in [3.63, 3.8) is 0 Å². The zero-order chi connectivity index (χ0) is 13.7. The Hall–Kier alpha value is -0.840. The largest absolute Gasteiger partial charge is 0.488 e. The summed E-state index contributed by atoms with van der Waals surface area (Å²) in [4.78, 5) is 1.22. The number of thiophene rings is 1. The van der Waals surface area contributed by atoms with Gasteiger partial charge in [-0.1, -0.05) is 26.0 Å². The van der Waals surface area contributed by atoms with Crippen molar-refractivity contribution >= 4 is 27.3 Å². The maximum absolute atomic E-state index is 5.81. The van der Waals surface area contributed by atoms with Gasteiger partial charge in [0, 0.05) is 27.3 Å². The van der Waals surface area contributed by atoms with Crippen LogP contribution in [0, 0.1) is 0 Å². The van der Waals surface area contributed by atoms with Crippen molar-refractivity contribution < 1.29 is 4.74 Å². The van der Waals surface area contributed by atoms with Crippen LogP contribution >= 0.6 is 27.3 Å². The molecular weight excluding hydrogens is 322 g/mol. The fourth-order valence-corrected chi connectivity index (χ4v) is 3.01. The second-order valence-corrected chi connectivity index (χ2v) is 6.61. The Kier molecular flexibility index (Phi) is 5.43. The van der Waals surface area contributed by atoms with Crippen LogP contribution in [0.4, 0.5) is 0 Å². The number of halogens is 1. The van der Waals surface area contributed by atoms with Gasteiger partial charge in [-0.3, -0.25) is 0 Å².